The van der Waals surface area contributed by atoms with Gasteiger partial charge in [0.1, 0.15) is 0 Å². The Balaban J connectivity index is 2.32. The lowest BCUT2D eigenvalue weighted by molar-refractivity contribution is -0.147. The van der Waals surface area contributed by atoms with Gasteiger partial charge in [-0.05, 0) is 12.1 Å². The highest BCUT2D eigenvalue weighted by Gasteiger charge is 2.14. The maximum atomic E-state index is 11.7. The SMILES string of the molecule is O=C(CNC(=O)c1ccccc1Cl)NCCC(O)C(=O)O. The molecule has 1 aromatic rings. The van der Waals surface area contributed by atoms with Gasteiger partial charge < -0.3 is 20.8 Å². The van der Waals surface area contributed by atoms with Crippen LogP contribution < -0.4 is 10.6 Å². The summed E-state index contributed by atoms with van der Waals surface area (Å²) in [4.78, 5) is 33.5. The Hall–Kier alpha value is -2.12. The number of hydrogen-bond donors (Lipinski definition) is 4. The molecule has 0 spiro atoms. The highest BCUT2D eigenvalue weighted by Crippen LogP contribution is 2.14. The summed E-state index contributed by atoms with van der Waals surface area (Å²) < 4.78 is 0. The molecule has 0 heterocycles. The molecule has 21 heavy (non-hydrogen) atoms. The van der Waals surface area contributed by atoms with Crippen LogP contribution in [0.4, 0.5) is 0 Å². The first-order chi connectivity index (χ1) is 9.91. The van der Waals surface area contributed by atoms with E-state index in [0.717, 1.165) is 0 Å². The zero-order valence-electron chi connectivity index (χ0n) is 11.0. The quantitative estimate of drug-likeness (QED) is 0.566. The molecule has 4 N–H and O–H groups in total. The van der Waals surface area contributed by atoms with Crippen molar-refractivity contribution in [2.75, 3.05) is 13.1 Å². The van der Waals surface area contributed by atoms with E-state index in [1.807, 2.05) is 0 Å². The number of carbonyl (C=O) groups is 3. The monoisotopic (exact) mass is 314 g/mol. The number of nitrogens with one attached hydrogen (secondary N) is 2. The van der Waals surface area contributed by atoms with E-state index in [-0.39, 0.29) is 30.1 Å². The van der Waals surface area contributed by atoms with Crippen molar-refractivity contribution in [2.45, 2.75) is 12.5 Å². The van der Waals surface area contributed by atoms with Gasteiger partial charge in [0.15, 0.2) is 6.10 Å². The van der Waals surface area contributed by atoms with Crippen molar-refractivity contribution in [3.8, 4) is 0 Å². The van der Waals surface area contributed by atoms with E-state index in [2.05, 4.69) is 10.6 Å². The van der Waals surface area contributed by atoms with Gasteiger partial charge in [0, 0.05) is 13.0 Å². The van der Waals surface area contributed by atoms with Crippen LogP contribution in [-0.4, -0.2) is 47.2 Å². The van der Waals surface area contributed by atoms with Crippen molar-refractivity contribution in [2.24, 2.45) is 0 Å². The normalized spacial score (nSPS) is 11.5. The van der Waals surface area contributed by atoms with Crippen molar-refractivity contribution < 1.29 is 24.6 Å². The van der Waals surface area contributed by atoms with Crippen LogP contribution in [0.2, 0.25) is 5.02 Å². The molecular weight excluding hydrogens is 300 g/mol. The minimum absolute atomic E-state index is 0.00569. The number of hydrogen-bond acceptors (Lipinski definition) is 4. The minimum atomic E-state index is -1.52. The Morgan fingerprint density at radius 2 is 1.86 bits per heavy atom. The summed E-state index contributed by atoms with van der Waals surface area (Å²) in [6.45, 7) is -0.276. The van der Waals surface area contributed by atoms with Gasteiger partial charge in [-0.15, -0.1) is 0 Å². The molecule has 114 valence electrons. The molecule has 0 bridgehead atoms. The van der Waals surface area contributed by atoms with Crippen molar-refractivity contribution >= 4 is 29.4 Å². The number of aliphatic hydroxyl groups is 1. The fourth-order valence-corrected chi connectivity index (χ4v) is 1.66. The van der Waals surface area contributed by atoms with E-state index in [0.29, 0.717) is 0 Å². The van der Waals surface area contributed by atoms with Gasteiger partial charge in [0.05, 0.1) is 17.1 Å². The van der Waals surface area contributed by atoms with E-state index < -0.39 is 23.9 Å². The highest BCUT2D eigenvalue weighted by molar-refractivity contribution is 6.33. The molecule has 1 rings (SSSR count). The maximum Gasteiger partial charge on any atom is 0.332 e. The first-order valence-corrected chi connectivity index (χ1v) is 6.50. The third kappa shape index (κ3) is 5.80. The van der Waals surface area contributed by atoms with Gasteiger partial charge in [-0.3, -0.25) is 9.59 Å². The zero-order valence-corrected chi connectivity index (χ0v) is 11.8. The van der Waals surface area contributed by atoms with Crippen LogP contribution in [0.1, 0.15) is 16.8 Å². The third-order valence-corrected chi connectivity index (χ3v) is 2.88. The topological polar surface area (TPSA) is 116 Å². The minimum Gasteiger partial charge on any atom is -0.479 e. The lowest BCUT2D eigenvalue weighted by atomic mass is 10.2. The Morgan fingerprint density at radius 3 is 2.48 bits per heavy atom. The van der Waals surface area contributed by atoms with Crippen LogP contribution in [0.5, 0.6) is 0 Å². The maximum absolute atomic E-state index is 11.7. The largest absolute Gasteiger partial charge is 0.479 e. The fourth-order valence-electron chi connectivity index (χ4n) is 1.44. The van der Waals surface area contributed by atoms with Crippen molar-refractivity contribution in [1.29, 1.82) is 0 Å². The number of carboxylic acid groups (broad SMARTS) is 1. The van der Waals surface area contributed by atoms with Crippen LogP contribution in [0.15, 0.2) is 24.3 Å². The molecular formula is C13H15ClN2O5. The zero-order chi connectivity index (χ0) is 15.8. The van der Waals surface area contributed by atoms with Crippen LogP contribution in [0.3, 0.4) is 0 Å². The Bertz CT molecular complexity index is 535. The van der Waals surface area contributed by atoms with Crippen molar-refractivity contribution in [3.05, 3.63) is 34.9 Å². The standard InChI is InChI=1S/C13H15ClN2O5/c14-9-4-2-1-3-8(9)12(19)16-7-11(18)15-6-5-10(17)13(20)21/h1-4,10,17H,5-7H2,(H,15,18)(H,16,19)(H,20,21). The van der Waals surface area contributed by atoms with Crippen LogP contribution in [0.25, 0.3) is 0 Å². The molecule has 1 unspecified atom stereocenters. The van der Waals surface area contributed by atoms with Gasteiger partial charge in [-0.1, -0.05) is 23.7 Å². The number of benzene rings is 1. The molecule has 0 saturated carbocycles. The summed E-state index contributed by atoms with van der Waals surface area (Å²) >= 11 is 5.84. The fraction of sp³-hybridized carbons (Fsp3) is 0.308. The molecule has 0 saturated heterocycles. The number of rotatable bonds is 7. The molecule has 7 nitrogen and oxygen atoms in total. The predicted molar refractivity (Wildman–Crippen MR) is 75.1 cm³/mol. The van der Waals surface area contributed by atoms with Gasteiger partial charge in [-0.25, -0.2) is 4.79 Å². The second-order valence-electron chi connectivity index (χ2n) is 4.16. The predicted octanol–water partition coefficient (Wildman–Crippen LogP) is 0.0216. The van der Waals surface area contributed by atoms with Crippen LogP contribution >= 0.6 is 11.6 Å². The van der Waals surface area contributed by atoms with Crippen molar-refractivity contribution in [3.63, 3.8) is 0 Å². The molecule has 1 aromatic carbocycles. The number of amides is 2. The van der Waals surface area contributed by atoms with E-state index in [4.69, 9.17) is 21.8 Å². The first-order valence-electron chi connectivity index (χ1n) is 6.12. The molecule has 1 atom stereocenters. The molecule has 8 heteroatoms. The lowest BCUT2D eigenvalue weighted by Gasteiger charge is -2.09. The van der Waals surface area contributed by atoms with E-state index in [9.17, 15) is 14.4 Å². The van der Waals surface area contributed by atoms with Crippen molar-refractivity contribution in [1.82, 2.24) is 10.6 Å². The molecule has 0 aromatic heterocycles. The van der Waals surface area contributed by atoms with Crippen LogP contribution in [0, 0.1) is 0 Å². The smallest absolute Gasteiger partial charge is 0.332 e. The number of aliphatic carboxylic acids is 1. The molecule has 0 radical (unpaired) electrons. The summed E-state index contributed by atoms with van der Waals surface area (Å²) in [5.41, 5.74) is 0.258. The summed E-state index contributed by atoms with van der Waals surface area (Å²) in [7, 11) is 0. The first kappa shape index (κ1) is 16.9. The Labute approximate surface area is 125 Å². The van der Waals surface area contributed by atoms with Gasteiger partial charge >= 0.3 is 5.97 Å². The third-order valence-electron chi connectivity index (χ3n) is 2.55. The molecule has 0 aliphatic carbocycles. The summed E-state index contributed by atoms with van der Waals surface area (Å²) in [6.07, 6.45) is -1.64. The Kier molecular flexibility index (Phi) is 6.64. The molecule has 0 aliphatic rings. The number of carboxylic acids is 1. The number of aliphatic hydroxyl groups excluding tert-OH is 1. The summed E-state index contributed by atoms with van der Waals surface area (Å²) in [5.74, 6) is -2.33. The average molecular weight is 315 g/mol. The van der Waals surface area contributed by atoms with Gasteiger partial charge in [-0.2, -0.15) is 0 Å². The number of halogens is 1. The second kappa shape index (κ2) is 8.23. The highest BCUT2D eigenvalue weighted by atomic mass is 35.5. The number of carbonyl (C=O) groups excluding carboxylic acids is 2. The summed E-state index contributed by atoms with van der Waals surface area (Å²) in [6, 6.07) is 6.41. The second-order valence-corrected chi connectivity index (χ2v) is 4.56. The lowest BCUT2D eigenvalue weighted by Crippen LogP contribution is -2.38. The molecule has 0 fully saturated rings. The van der Waals surface area contributed by atoms with Gasteiger partial charge in [0.2, 0.25) is 5.91 Å². The van der Waals surface area contributed by atoms with E-state index >= 15 is 0 Å². The van der Waals surface area contributed by atoms with E-state index in [1.54, 1.807) is 18.2 Å². The Morgan fingerprint density at radius 1 is 1.19 bits per heavy atom. The van der Waals surface area contributed by atoms with Gasteiger partial charge in [0.25, 0.3) is 5.91 Å². The molecule has 0 aliphatic heterocycles. The van der Waals surface area contributed by atoms with Crippen LogP contribution in [-0.2, 0) is 9.59 Å². The average Bonchev–Trinajstić information content (AvgIpc) is 2.45. The summed E-state index contributed by atoms with van der Waals surface area (Å²) in [5, 5.41) is 22.5. The van der Waals surface area contributed by atoms with E-state index in [1.165, 1.54) is 6.07 Å². The molecule has 2 amide bonds.